The third kappa shape index (κ3) is 5.53. The molecule has 5 aliphatic rings. The van der Waals surface area contributed by atoms with Gasteiger partial charge in [0, 0.05) is 6.42 Å². The zero-order chi connectivity index (χ0) is 26.5. The summed E-state index contributed by atoms with van der Waals surface area (Å²) in [4.78, 5) is 28.6. The highest BCUT2D eigenvalue weighted by molar-refractivity contribution is 7.46. The fraction of sp³-hybridized carbons (Fsp3) is 0.880. The first-order valence-corrected chi connectivity index (χ1v) is 14.6. The number of ether oxygens (including phenoxy) is 1. The lowest BCUT2D eigenvalue weighted by molar-refractivity contribution is -0.285. The Morgan fingerprint density at radius 3 is 2.39 bits per heavy atom. The van der Waals surface area contributed by atoms with Gasteiger partial charge in [0.25, 0.3) is 0 Å². The van der Waals surface area contributed by atoms with Crippen LogP contribution in [0.1, 0.15) is 71.6 Å². The molecule has 11 heteroatoms. The van der Waals surface area contributed by atoms with Crippen molar-refractivity contribution in [3.05, 3.63) is 11.6 Å². The van der Waals surface area contributed by atoms with Crippen molar-refractivity contribution in [1.82, 2.24) is 0 Å². The molecule has 4 fully saturated rings. The Kier molecular flexibility index (Phi) is 8.24. The van der Waals surface area contributed by atoms with Gasteiger partial charge in [0.1, 0.15) is 24.4 Å². The van der Waals surface area contributed by atoms with Gasteiger partial charge in [-0.1, -0.05) is 25.8 Å². The van der Waals surface area contributed by atoms with E-state index in [4.69, 9.17) is 20.0 Å². The van der Waals surface area contributed by atoms with Crippen molar-refractivity contribution in [1.29, 1.82) is 0 Å². The van der Waals surface area contributed by atoms with Gasteiger partial charge < -0.3 is 34.9 Å². The molecule has 10 unspecified atom stereocenters. The zero-order valence-electron chi connectivity index (χ0n) is 21.0. The van der Waals surface area contributed by atoms with Crippen LogP contribution in [0.2, 0.25) is 0 Å². The van der Waals surface area contributed by atoms with Gasteiger partial charge in [0.2, 0.25) is 0 Å². The maximum Gasteiger partial charge on any atom is 0.469 e. The normalized spacial score (nSPS) is 46.6. The van der Waals surface area contributed by atoms with E-state index < -0.39 is 45.1 Å². The molecular formula is C25H41O10P. The molecule has 0 spiro atoms. The van der Waals surface area contributed by atoms with Gasteiger partial charge >= 0.3 is 7.82 Å². The van der Waals surface area contributed by atoms with Gasteiger partial charge in [0.05, 0.1) is 6.61 Å². The summed E-state index contributed by atoms with van der Waals surface area (Å²) in [5.74, 6) is 3.19. The quantitative estimate of drug-likeness (QED) is 0.294. The van der Waals surface area contributed by atoms with Crippen LogP contribution in [0.3, 0.4) is 0 Å². The number of allylic oxidation sites excluding steroid dienone is 1. The lowest BCUT2D eigenvalue weighted by Crippen LogP contribution is -2.58. The molecule has 0 radical (unpaired) electrons. The molecule has 1 saturated heterocycles. The molecule has 10 nitrogen and oxygen atoms in total. The second-order valence-corrected chi connectivity index (χ2v) is 13.1. The molecule has 0 aromatic heterocycles. The number of rotatable bonds is 3. The van der Waals surface area contributed by atoms with Gasteiger partial charge in [-0.3, -0.25) is 9.32 Å². The number of hydrogen-bond donors (Lipinski definition) is 6. The Hall–Kier alpha value is -0.680. The molecule has 1 heterocycles. The third-order valence-corrected chi connectivity index (χ3v) is 10.3. The Labute approximate surface area is 211 Å². The molecule has 206 valence electrons. The van der Waals surface area contributed by atoms with Crippen molar-refractivity contribution in [2.24, 2.45) is 28.6 Å². The van der Waals surface area contributed by atoms with Crippen LogP contribution in [0, 0.1) is 28.6 Å². The summed E-state index contributed by atoms with van der Waals surface area (Å²) in [6.07, 6.45) is 5.68. The van der Waals surface area contributed by atoms with Crippen molar-refractivity contribution in [2.45, 2.75) is 102 Å². The summed E-state index contributed by atoms with van der Waals surface area (Å²) in [6.45, 7) is 4.32. The van der Waals surface area contributed by atoms with E-state index in [2.05, 4.69) is 23.1 Å². The maximum atomic E-state index is 11.8. The van der Waals surface area contributed by atoms with Crippen LogP contribution in [0.15, 0.2) is 11.6 Å². The van der Waals surface area contributed by atoms with E-state index in [-0.39, 0.29) is 0 Å². The van der Waals surface area contributed by atoms with Gasteiger partial charge in [0.15, 0.2) is 12.1 Å². The van der Waals surface area contributed by atoms with Crippen LogP contribution in [0.4, 0.5) is 0 Å². The Morgan fingerprint density at radius 1 is 0.972 bits per heavy atom. The number of fused-ring (bicyclic) bond motifs is 5. The van der Waals surface area contributed by atoms with E-state index in [9.17, 15) is 19.6 Å². The monoisotopic (exact) mass is 532 g/mol. The van der Waals surface area contributed by atoms with E-state index >= 15 is 0 Å². The second kappa shape index (κ2) is 10.5. The molecular weight excluding hydrogens is 491 g/mol. The SMILES string of the molecule is CC12CCCC1C1CCC3=CC(=O)CCC3(C)C1CC2.O=P(O)(O)OCC1OC(O)C(O)C(O)C1O. The predicted octanol–water partition coefficient (Wildman–Crippen LogP) is 1.80. The molecule has 10 atom stereocenters. The number of phosphoric acid groups is 1. The maximum absolute atomic E-state index is 11.8. The summed E-state index contributed by atoms with van der Waals surface area (Å²) in [5, 5.41) is 36.7. The van der Waals surface area contributed by atoms with Crippen LogP contribution in [-0.4, -0.2) is 73.3 Å². The molecule has 0 amide bonds. The van der Waals surface area contributed by atoms with E-state index in [1.807, 2.05) is 6.08 Å². The van der Waals surface area contributed by atoms with Crippen molar-refractivity contribution in [3.63, 3.8) is 0 Å². The molecule has 0 aromatic carbocycles. The van der Waals surface area contributed by atoms with Gasteiger partial charge in [-0.15, -0.1) is 0 Å². The summed E-state index contributed by atoms with van der Waals surface area (Å²) in [5.41, 5.74) is 2.53. The second-order valence-electron chi connectivity index (χ2n) is 11.9. The van der Waals surface area contributed by atoms with Crippen molar-refractivity contribution >= 4 is 13.6 Å². The molecule has 6 N–H and O–H groups in total. The summed E-state index contributed by atoms with van der Waals surface area (Å²) in [7, 11) is -4.73. The Balaban J connectivity index is 0.000000175. The average Bonchev–Trinajstić information content (AvgIpc) is 3.21. The summed E-state index contributed by atoms with van der Waals surface area (Å²) < 4.78 is 19.0. The first kappa shape index (κ1) is 28.3. The third-order valence-electron chi connectivity index (χ3n) is 9.84. The highest BCUT2D eigenvalue weighted by Crippen LogP contribution is 2.65. The van der Waals surface area contributed by atoms with Crippen LogP contribution < -0.4 is 0 Å². The van der Waals surface area contributed by atoms with E-state index in [1.165, 1.54) is 50.5 Å². The average molecular weight is 533 g/mol. The number of aliphatic hydroxyl groups is 4. The van der Waals surface area contributed by atoms with Gasteiger partial charge in [-0.2, -0.15) is 0 Å². The number of carbonyl (C=O) groups excluding carboxylic acids is 1. The first-order chi connectivity index (χ1) is 16.7. The minimum absolute atomic E-state index is 0.362. The highest BCUT2D eigenvalue weighted by atomic mass is 31.2. The first-order valence-electron chi connectivity index (χ1n) is 13.1. The Morgan fingerprint density at radius 2 is 1.69 bits per heavy atom. The zero-order valence-corrected chi connectivity index (χ0v) is 21.9. The summed E-state index contributed by atoms with van der Waals surface area (Å²) >= 11 is 0. The lowest BCUT2D eigenvalue weighted by atomic mass is 9.47. The molecule has 5 rings (SSSR count). The lowest BCUT2D eigenvalue weighted by Gasteiger charge is -2.57. The van der Waals surface area contributed by atoms with Crippen molar-refractivity contribution in [3.8, 4) is 0 Å². The Bertz CT molecular complexity index is 903. The van der Waals surface area contributed by atoms with Crippen LogP contribution in [-0.2, 0) is 18.6 Å². The van der Waals surface area contributed by atoms with E-state index in [0.717, 1.165) is 30.6 Å². The predicted molar refractivity (Wildman–Crippen MR) is 128 cm³/mol. The fourth-order valence-corrected chi connectivity index (χ4v) is 8.13. The van der Waals surface area contributed by atoms with E-state index in [0.29, 0.717) is 16.6 Å². The van der Waals surface area contributed by atoms with Crippen LogP contribution in [0.5, 0.6) is 0 Å². The van der Waals surface area contributed by atoms with Crippen molar-refractivity contribution in [2.75, 3.05) is 6.61 Å². The number of carbonyl (C=O) groups is 1. The smallest absolute Gasteiger partial charge is 0.387 e. The van der Waals surface area contributed by atoms with Crippen LogP contribution >= 0.6 is 7.82 Å². The summed E-state index contributed by atoms with van der Waals surface area (Å²) in [6, 6.07) is 0. The van der Waals surface area contributed by atoms with E-state index in [1.54, 1.807) is 0 Å². The number of hydrogen-bond acceptors (Lipinski definition) is 8. The largest absolute Gasteiger partial charge is 0.469 e. The van der Waals surface area contributed by atoms with Gasteiger partial charge in [-0.25, -0.2) is 4.57 Å². The topological polar surface area (TPSA) is 174 Å². The number of phosphoric ester groups is 1. The minimum Gasteiger partial charge on any atom is -0.387 e. The molecule has 0 aromatic rings. The molecule has 36 heavy (non-hydrogen) atoms. The molecule has 4 aliphatic carbocycles. The highest BCUT2D eigenvalue weighted by Gasteiger charge is 2.56. The van der Waals surface area contributed by atoms with Gasteiger partial charge in [-0.05, 0) is 79.6 Å². The standard InChI is InChI=1S/C19H28O.C6H13O9P/c1-18-9-3-4-16(18)15-6-5-13-12-14(20)7-11-19(13,2)17(15)8-10-18;7-3-2(1-14-16(11,12)13)15-6(10)5(9)4(3)8/h12,15-17H,3-11H2,1-2H3;2-10H,1H2,(H2,11,12,13). The number of ketones is 1. The van der Waals surface area contributed by atoms with Crippen LogP contribution in [0.25, 0.3) is 0 Å². The van der Waals surface area contributed by atoms with Crippen molar-refractivity contribution < 1.29 is 48.8 Å². The molecule has 1 aliphatic heterocycles. The number of aliphatic hydroxyl groups excluding tert-OH is 4. The minimum atomic E-state index is -4.73. The fourth-order valence-electron chi connectivity index (χ4n) is 7.79. The molecule has 3 saturated carbocycles. The molecule has 0 bridgehead atoms.